The molecular weight excluding hydrogens is 250 g/mol. The Labute approximate surface area is 120 Å². The topological polar surface area (TPSA) is 45.5 Å². The van der Waals surface area contributed by atoms with Gasteiger partial charge in [0, 0.05) is 37.6 Å². The minimum absolute atomic E-state index is 0.0648. The van der Waals surface area contributed by atoms with E-state index in [0.717, 1.165) is 36.7 Å². The summed E-state index contributed by atoms with van der Waals surface area (Å²) in [5.41, 5.74) is 2.29. The Morgan fingerprint density at radius 3 is 2.85 bits per heavy atom. The molecule has 0 aromatic carbocycles. The largest absolute Gasteiger partial charge is 0.347 e. The van der Waals surface area contributed by atoms with E-state index in [0.29, 0.717) is 5.92 Å². The lowest BCUT2D eigenvalue weighted by atomic mass is 10.00. The van der Waals surface area contributed by atoms with Crippen LogP contribution in [-0.2, 0) is 0 Å². The van der Waals surface area contributed by atoms with Crippen molar-refractivity contribution in [3.8, 4) is 0 Å². The summed E-state index contributed by atoms with van der Waals surface area (Å²) in [4.78, 5) is 7.03. The fraction of sp³-hybridized carbons (Fsp3) is 0.600. The SMILES string of the molecule is CC(C)c1cc2c(N3CCNCC3(C)C)nccn2n1. The smallest absolute Gasteiger partial charge is 0.155 e. The average molecular weight is 273 g/mol. The Morgan fingerprint density at radius 2 is 2.15 bits per heavy atom. The van der Waals surface area contributed by atoms with E-state index in [2.05, 4.69) is 54.1 Å². The van der Waals surface area contributed by atoms with E-state index < -0.39 is 0 Å². The summed E-state index contributed by atoms with van der Waals surface area (Å²) in [5, 5.41) is 8.10. The maximum atomic E-state index is 4.65. The molecule has 0 bridgehead atoms. The van der Waals surface area contributed by atoms with Crippen molar-refractivity contribution in [3.05, 3.63) is 24.2 Å². The standard InChI is InChI=1S/C15H23N5/c1-11(2)12-9-13-14(17-6-8-20(13)18-12)19-7-5-16-10-15(19,3)4/h6,8-9,11,16H,5,7,10H2,1-4H3. The number of hydrogen-bond acceptors (Lipinski definition) is 4. The molecule has 1 saturated heterocycles. The third-order valence-electron chi connectivity index (χ3n) is 4.04. The molecule has 0 atom stereocenters. The Balaban J connectivity index is 2.11. The number of fused-ring (bicyclic) bond motifs is 1. The number of nitrogens with one attached hydrogen (secondary N) is 1. The summed E-state index contributed by atoms with van der Waals surface area (Å²) in [7, 11) is 0. The molecule has 1 N–H and O–H groups in total. The van der Waals surface area contributed by atoms with Crippen LogP contribution < -0.4 is 10.2 Å². The minimum Gasteiger partial charge on any atom is -0.347 e. The predicted octanol–water partition coefficient (Wildman–Crippen LogP) is 2.04. The van der Waals surface area contributed by atoms with Crippen molar-refractivity contribution in [1.29, 1.82) is 0 Å². The monoisotopic (exact) mass is 273 g/mol. The zero-order valence-corrected chi connectivity index (χ0v) is 12.7. The molecule has 1 aliphatic heterocycles. The molecule has 3 heterocycles. The van der Waals surface area contributed by atoms with E-state index >= 15 is 0 Å². The predicted molar refractivity (Wildman–Crippen MR) is 81.4 cm³/mol. The lowest BCUT2D eigenvalue weighted by Crippen LogP contribution is -2.58. The highest BCUT2D eigenvalue weighted by molar-refractivity contribution is 5.70. The van der Waals surface area contributed by atoms with Crippen LogP contribution >= 0.6 is 0 Å². The van der Waals surface area contributed by atoms with Crippen molar-refractivity contribution in [3.63, 3.8) is 0 Å². The van der Waals surface area contributed by atoms with E-state index in [4.69, 9.17) is 0 Å². The van der Waals surface area contributed by atoms with Crippen molar-refractivity contribution in [2.75, 3.05) is 24.5 Å². The van der Waals surface area contributed by atoms with Gasteiger partial charge in [0.05, 0.1) is 5.69 Å². The Kier molecular flexibility index (Phi) is 3.17. The summed E-state index contributed by atoms with van der Waals surface area (Å²) >= 11 is 0. The summed E-state index contributed by atoms with van der Waals surface area (Å²) in [6, 6.07) is 2.17. The van der Waals surface area contributed by atoms with Crippen LogP contribution in [0.25, 0.3) is 5.52 Å². The van der Waals surface area contributed by atoms with Crippen molar-refractivity contribution in [2.45, 2.75) is 39.2 Å². The van der Waals surface area contributed by atoms with E-state index in [1.165, 1.54) is 0 Å². The molecule has 0 radical (unpaired) electrons. The molecule has 5 heteroatoms. The first-order chi connectivity index (χ1) is 9.49. The maximum Gasteiger partial charge on any atom is 0.155 e. The van der Waals surface area contributed by atoms with Gasteiger partial charge in [-0.1, -0.05) is 13.8 Å². The number of aromatic nitrogens is 3. The van der Waals surface area contributed by atoms with Gasteiger partial charge in [-0.05, 0) is 25.8 Å². The van der Waals surface area contributed by atoms with Crippen LogP contribution in [0.4, 0.5) is 5.82 Å². The van der Waals surface area contributed by atoms with E-state index in [9.17, 15) is 0 Å². The second-order valence-electron chi connectivity index (χ2n) is 6.45. The minimum atomic E-state index is 0.0648. The molecule has 5 nitrogen and oxygen atoms in total. The van der Waals surface area contributed by atoms with Crippen molar-refractivity contribution >= 4 is 11.3 Å². The van der Waals surface area contributed by atoms with Gasteiger partial charge >= 0.3 is 0 Å². The molecular formula is C15H23N5. The van der Waals surface area contributed by atoms with Crippen LogP contribution in [0.3, 0.4) is 0 Å². The molecule has 0 amide bonds. The fourth-order valence-electron chi connectivity index (χ4n) is 2.79. The second kappa shape index (κ2) is 4.74. The number of anilines is 1. The Bertz CT molecular complexity index is 614. The molecule has 0 saturated carbocycles. The molecule has 1 aliphatic rings. The lowest BCUT2D eigenvalue weighted by Gasteiger charge is -2.43. The molecule has 2 aromatic rings. The van der Waals surface area contributed by atoms with Crippen molar-refractivity contribution in [1.82, 2.24) is 19.9 Å². The molecule has 20 heavy (non-hydrogen) atoms. The number of rotatable bonds is 2. The van der Waals surface area contributed by atoms with Crippen LogP contribution in [0.15, 0.2) is 18.5 Å². The highest BCUT2D eigenvalue weighted by Gasteiger charge is 2.32. The van der Waals surface area contributed by atoms with E-state index in [1.807, 2.05) is 16.9 Å². The third kappa shape index (κ3) is 2.16. The van der Waals surface area contributed by atoms with Crippen molar-refractivity contribution < 1.29 is 0 Å². The van der Waals surface area contributed by atoms with Gasteiger partial charge in [0.15, 0.2) is 5.82 Å². The van der Waals surface area contributed by atoms with Crippen LogP contribution in [0.5, 0.6) is 0 Å². The third-order valence-corrected chi connectivity index (χ3v) is 4.04. The number of hydrogen-bond donors (Lipinski definition) is 1. The van der Waals surface area contributed by atoms with Crippen LogP contribution in [0.1, 0.15) is 39.3 Å². The summed E-state index contributed by atoms with van der Waals surface area (Å²) < 4.78 is 1.95. The van der Waals surface area contributed by atoms with Gasteiger partial charge in [0.1, 0.15) is 5.52 Å². The highest BCUT2D eigenvalue weighted by atomic mass is 15.3. The van der Waals surface area contributed by atoms with Gasteiger partial charge in [0.25, 0.3) is 0 Å². The second-order valence-corrected chi connectivity index (χ2v) is 6.45. The normalized spacial score (nSPS) is 18.9. The van der Waals surface area contributed by atoms with Crippen LogP contribution in [0, 0.1) is 0 Å². The fourth-order valence-corrected chi connectivity index (χ4v) is 2.79. The average Bonchev–Trinajstić information content (AvgIpc) is 2.82. The van der Waals surface area contributed by atoms with Crippen LogP contribution in [-0.4, -0.2) is 39.8 Å². The zero-order valence-electron chi connectivity index (χ0n) is 12.7. The van der Waals surface area contributed by atoms with Crippen LogP contribution in [0.2, 0.25) is 0 Å². The summed E-state index contributed by atoms with van der Waals surface area (Å²) in [6.45, 7) is 11.8. The first kappa shape index (κ1) is 13.4. The van der Waals surface area contributed by atoms with Gasteiger partial charge < -0.3 is 10.2 Å². The summed E-state index contributed by atoms with van der Waals surface area (Å²) in [6.07, 6.45) is 3.78. The molecule has 0 unspecified atom stereocenters. The first-order valence-corrected chi connectivity index (χ1v) is 7.32. The Morgan fingerprint density at radius 1 is 1.35 bits per heavy atom. The quantitative estimate of drug-likeness (QED) is 0.909. The van der Waals surface area contributed by atoms with Crippen molar-refractivity contribution in [2.24, 2.45) is 0 Å². The molecule has 1 fully saturated rings. The summed E-state index contributed by atoms with van der Waals surface area (Å²) in [5.74, 6) is 1.47. The Hall–Kier alpha value is -1.62. The maximum absolute atomic E-state index is 4.65. The van der Waals surface area contributed by atoms with Gasteiger partial charge in [-0.25, -0.2) is 9.50 Å². The molecule has 0 aliphatic carbocycles. The van der Waals surface area contributed by atoms with Gasteiger partial charge in [-0.15, -0.1) is 0 Å². The van der Waals surface area contributed by atoms with E-state index in [-0.39, 0.29) is 5.54 Å². The number of piperazine rings is 1. The number of nitrogens with zero attached hydrogens (tertiary/aromatic N) is 4. The highest BCUT2D eigenvalue weighted by Crippen LogP contribution is 2.28. The zero-order chi connectivity index (χ0) is 14.3. The molecule has 0 spiro atoms. The first-order valence-electron chi connectivity index (χ1n) is 7.32. The van der Waals surface area contributed by atoms with Gasteiger partial charge in [-0.2, -0.15) is 5.10 Å². The molecule has 3 rings (SSSR count). The van der Waals surface area contributed by atoms with Gasteiger partial charge in [-0.3, -0.25) is 0 Å². The molecule has 2 aromatic heterocycles. The molecule has 108 valence electrons. The lowest BCUT2D eigenvalue weighted by molar-refractivity contribution is 0.378. The van der Waals surface area contributed by atoms with E-state index in [1.54, 1.807) is 0 Å². The van der Waals surface area contributed by atoms with Gasteiger partial charge in [0.2, 0.25) is 0 Å².